The van der Waals surface area contributed by atoms with Crippen LogP contribution in [0, 0.1) is 0 Å². The van der Waals surface area contributed by atoms with Gasteiger partial charge in [0.1, 0.15) is 12.7 Å². The minimum absolute atomic E-state index is 0.00793. The first kappa shape index (κ1) is 26.7. The number of hydrogen-bond acceptors (Lipinski definition) is 8. The molecule has 176 valence electrons. The van der Waals surface area contributed by atoms with Crippen molar-refractivity contribution in [3.63, 3.8) is 0 Å². The van der Waals surface area contributed by atoms with Crippen LogP contribution in [-0.2, 0) is 35.0 Å². The first-order valence-corrected chi connectivity index (χ1v) is 10.5. The average molecular weight is 441 g/mol. The molecule has 0 heterocycles. The van der Waals surface area contributed by atoms with E-state index in [-0.39, 0.29) is 12.7 Å². The van der Waals surface area contributed by atoms with Crippen LogP contribution in [-0.4, -0.2) is 57.9 Å². The van der Waals surface area contributed by atoms with Crippen molar-refractivity contribution in [3.8, 4) is 11.5 Å². The fraction of sp³-hybridized carbons (Fsp3) is 0.652. The lowest BCUT2D eigenvalue weighted by Crippen LogP contribution is -2.30. The molecule has 0 amide bonds. The van der Waals surface area contributed by atoms with Gasteiger partial charge in [-0.15, -0.1) is 0 Å². The van der Waals surface area contributed by atoms with Crippen LogP contribution in [0.3, 0.4) is 0 Å². The van der Waals surface area contributed by atoms with E-state index in [4.69, 9.17) is 28.4 Å². The third kappa shape index (κ3) is 11.6. The van der Waals surface area contributed by atoms with Crippen molar-refractivity contribution >= 4 is 11.9 Å². The number of rotatable bonds is 15. The second-order valence-corrected chi connectivity index (χ2v) is 7.30. The molecule has 0 aliphatic carbocycles. The molecule has 0 N–H and O–H groups in total. The molecule has 0 bridgehead atoms. The summed E-state index contributed by atoms with van der Waals surface area (Å²) < 4.78 is 32.3. The van der Waals surface area contributed by atoms with E-state index in [1.165, 1.54) is 19.4 Å². The number of ether oxygens (including phenoxy) is 6. The van der Waals surface area contributed by atoms with E-state index < -0.39 is 24.3 Å². The molecule has 8 heteroatoms. The van der Waals surface area contributed by atoms with Crippen molar-refractivity contribution in [2.75, 3.05) is 27.4 Å². The Hall–Kier alpha value is -2.32. The van der Waals surface area contributed by atoms with Crippen molar-refractivity contribution in [2.45, 2.75) is 71.9 Å². The van der Waals surface area contributed by atoms with E-state index in [1.54, 1.807) is 14.2 Å². The molecule has 1 aromatic rings. The molecule has 0 radical (unpaired) electrons. The van der Waals surface area contributed by atoms with E-state index in [9.17, 15) is 9.59 Å². The summed E-state index contributed by atoms with van der Waals surface area (Å²) in [5.41, 5.74) is 1.18. The Bertz CT molecular complexity index is 676. The van der Waals surface area contributed by atoms with Gasteiger partial charge in [-0.05, 0) is 50.8 Å². The van der Waals surface area contributed by atoms with E-state index in [1.807, 2.05) is 32.0 Å². The summed E-state index contributed by atoms with van der Waals surface area (Å²) in [5.74, 6) is 0.602. The zero-order chi connectivity index (χ0) is 23.2. The minimum Gasteiger partial charge on any atom is -0.493 e. The van der Waals surface area contributed by atoms with Crippen LogP contribution in [0.2, 0.25) is 0 Å². The van der Waals surface area contributed by atoms with Gasteiger partial charge in [-0.3, -0.25) is 9.59 Å². The van der Waals surface area contributed by atoms with E-state index in [2.05, 4.69) is 0 Å². The maximum atomic E-state index is 11.2. The van der Waals surface area contributed by atoms with Crippen molar-refractivity contribution < 1.29 is 38.0 Å². The number of benzene rings is 1. The summed E-state index contributed by atoms with van der Waals surface area (Å²) in [6.07, 6.45) is 1.98. The zero-order valence-electron chi connectivity index (χ0n) is 19.5. The van der Waals surface area contributed by atoms with Gasteiger partial charge in [-0.25, -0.2) is 0 Å². The van der Waals surface area contributed by atoms with Crippen LogP contribution in [0.25, 0.3) is 0 Å². The Labute approximate surface area is 185 Å². The SMILES string of the molecule is COc1ccc(CCCCOC(C)OC(C)CC(COC(C)=O)OC(C)=O)cc1OC. The van der Waals surface area contributed by atoms with Gasteiger partial charge in [0.2, 0.25) is 0 Å². The Balaban J connectivity index is 2.30. The first-order valence-electron chi connectivity index (χ1n) is 10.5. The van der Waals surface area contributed by atoms with Gasteiger partial charge in [0.15, 0.2) is 17.8 Å². The summed E-state index contributed by atoms with van der Waals surface area (Å²) in [5, 5.41) is 0. The molecule has 0 saturated heterocycles. The fourth-order valence-electron chi connectivity index (χ4n) is 3.10. The van der Waals surface area contributed by atoms with Crippen molar-refractivity contribution in [2.24, 2.45) is 0 Å². The number of carbonyl (C=O) groups excluding carboxylic acids is 2. The highest BCUT2D eigenvalue weighted by Crippen LogP contribution is 2.28. The topological polar surface area (TPSA) is 89.5 Å². The highest BCUT2D eigenvalue weighted by atomic mass is 16.7. The maximum absolute atomic E-state index is 11.2. The first-order chi connectivity index (χ1) is 14.7. The molecule has 0 spiro atoms. The third-order valence-corrected chi connectivity index (χ3v) is 4.48. The number of carbonyl (C=O) groups is 2. The lowest BCUT2D eigenvalue weighted by molar-refractivity contribution is -0.173. The van der Waals surface area contributed by atoms with Crippen molar-refractivity contribution in [3.05, 3.63) is 23.8 Å². The molecule has 0 aromatic heterocycles. The monoisotopic (exact) mass is 440 g/mol. The van der Waals surface area contributed by atoms with Crippen molar-refractivity contribution in [1.29, 1.82) is 0 Å². The minimum atomic E-state index is -0.551. The normalized spacial score (nSPS) is 13.7. The van der Waals surface area contributed by atoms with E-state index >= 15 is 0 Å². The van der Waals surface area contributed by atoms with Crippen LogP contribution in [0.15, 0.2) is 18.2 Å². The lowest BCUT2D eigenvalue weighted by Gasteiger charge is -2.23. The van der Waals surface area contributed by atoms with Gasteiger partial charge < -0.3 is 28.4 Å². The Morgan fingerprint density at radius 1 is 0.968 bits per heavy atom. The summed E-state index contributed by atoms with van der Waals surface area (Å²) in [7, 11) is 3.25. The Morgan fingerprint density at radius 3 is 2.29 bits per heavy atom. The van der Waals surface area contributed by atoms with Gasteiger partial charge in [0.25, 0.3) is 0 Å². The lowest BCUT2D eigenvalue weighted by atomic mass is 10.1. The van der Waals surface area contributed by atoms with E-state index in [0.717, 1.165) is 30.8 Å². The highest BCUT2D eigenvalue weighted by Gasteiger charge is 2.20. The number of aryl methyl sites for hydroxylation is 1. The molecule has 8 nitrogen and oxygen atoms in total. The van der Waals surface area contributed by atoms with Crippen LogP contribution < -0.4 is 9.47 Å². The number of esters is 2. The third-order valence-electron chi connectivity index (χ3n) is 4.48. The largest absolute Gasteiger partial charge is 0.493 e. The predicted molar refractivity (Wildman–Crippen MR) is 115 cm³/mol. The van der Waals surface area contributed by atoms with Crippen LogP contribution in [0.5, 0.6) is 11.5 Å². The molecule has 1 rings (SSSR count). The number of methoxy groups -OCH3 is 2. The van der Waals surface area contributed by atoms with Gasteiger partial charge in [0.05, 0.1) is 20.3 Å². The molecular formula is C23H36O8. The van der Waals surface area contributed by atoms with E-state index in [0.29, 0.717) is 13.0 Å². The number of unbranched alkanes of at least 4 members (excludes halogenated alkanes) is 1. The zero-order valence-corrected chi connectivity index (χ0v) is 19.5. The second kappa shape index (κ2) is 14.6. The summed E-state index contributed by atoms with van der Waals surface area (Å²) in [6, 6.07) is 5.93. The smallest absolute Gasteiger partial charge is 0.303 e. The summed E-state index contributed by atoms with van der Waals surface area (Å²) in [4.78, 5) is 22.2. The molecule has 0 saturated carbocycles. The maximum Gasteiger partial charge on any atom is 0.303 e. The standard InChI is InChI=1S/C23H36O8/c1-16(13-21(31-18(3)25)15-29-17(2)24)30-19(4)28-12-8-7-9-20-10-11-22(26-5)23(14-20)27-6/h10-11,14,16,19,21H,7-9,12-13,15H2,1-6H3. The molecule has 3 atom stereocenters. The molecule has 0 aliphatic rings. The fourth-order valence-corrected chi connectivity index (χ4v) is 3.10. The molecule has 0 fully saturated rings. The average Bonchev–Trinajstić information content (AvgIpc) is 2.70. The molecule has 31 heavy (non-hydrogen) atoms. The molecular weight excluding hydrogens is 404 g/mol. The van der Waals surface area contributed by atoms with Crippen LogP contribution in [0.1, 0.15) is 52.5 Å². The predicted octanol–water partition coefficient (Wildman–Crippen LogP) is 3.68. The summed E-state index contributed by atoms with van der Waals surface area (Å²) >= 11 is 0. The quantitative estimate of drug-likeness (QED) is 0.232. The summed E-state index contributed by atoms with van der Waals surface area (Å²) in [6.45, 7) is 6.90. The van der Waals surface area contributed by atoms with Gasteiger partial charge >= 0.3 is 11.9 Å². The van der Waals surface area contributed by atoms with Crippen molar-refractivity contribution in [1.82, 2.24) is 0 Å². The second-order valence-electron chi connectivity index (χ2n) is 7.30. The van der Waals surface area contributed by atoms with Gasteiger partial charge in [-0.1, -0.05) is 6.07 Å². The molecule has 0 aliphatic heterocycles. The van der Waals surface area contributed by atoms with Gasteiger partial charge in [-0.2, -0.15) is 0 Å². The van der Waals surface area contributed by atoms with Crippen LogP contribution >= 0.6 is 0 Å². The van der Waals surface area contributed by atoms with Crippen LogP contribution in [0.4, 0.5) is 0 Å². The van der Waals surface area contributed by atoms with Gasteiger partial charge in [0, 0.05) is 26.9 Å². The Kier molecular flexibility index (Phi) is 12.6. The molecule has 3 unspecified atom stereocenters. The molecule has 1 aromatic carbocycles. The highest BCUT2D eigenvalue weighted by molar-refractivity contribution is 5.67. The number of hydrogen-bond donors (Lipinski definition) is 0. The Morgan fingerprint density at radius 2 is 1.68 bits per heavy atom.